The molecule has 0 fully saturated rings. The molecule has 0 aromatic carbocycles. The molecule has 0 saturated carbocycles. The van der Waals surface area contributed by atoms with Gasteiger partial charge in [-0.1, -0.05) is 13.8 Å². The summed E-state index contributed by atoms with van der Waals surface area (Å²) in [7, 11) is 3.45. The number of hydrogen-bond acceptors (Lipinski definition) is 3. The second-order valence-corrected chi connectivity index (χ2v) is 6.96. The second-order valence-electron chi connectivity index (χ2n) is 3.58. The topological polar surface area (TPSA) is 21.7 Å². The van der Waals surface area contributed by atoms with E-state index in [2.05, 4.69) is 32.0 Å². The second kappa shape index (κ2) is 4.96. The van der Waals surface area contributed by atoms with Gasteiger partial charge in [0.15, 0.2) is 0 Å². The number of nitrogens with zero attached hydrogens (tertiary/aromatic N) is 1. The Balaban J connectivity index is 4.11. The first-order valence-electron chi connectivity index (χ1n) is 4.27. The third-order valence-electron chi connectivity index (χ3n) is 2.09. The molecule has 0 radical (unpaired) electrons. The fourth-order valence-electron chi connectivity index (χ4n) is 1.11. The first-order valence-corrected chi connectivity index (χ1v) is 6.54. The molecule has 0 heterocycles. The lowest BCUT2D eigenvalue weighted by Crippen LogP contribution is -2.54. The van der Waals surface area contributed by atoms with Crippen LogP contribution >= 0.6 is 0 Å². The Morgan fingerprint density at radius 1 is 1.25 bits per heavy atom. The molecule has 0 bridgehead atoms. The van der Waals surface area contributed by atoms with E-state index in [-0.39, 0.29) is 0 Å². The average Bonchev–Trinajstić information content (AvgIpc) is 2.02. The van der Waals surface area contributed by atoms with Crippen LogP contribution < -0.4 is 0 Å². The van der Waals surface area contributed by atoms with Crippen molar-refractivity contribution in [1.29, 1.82) is 0 Å². The molecule has 74 valence electrons. The van der Waals surface area contributed by atoms with Crippen LogP contribution in [0.1, 0.15) is 13.8 Å². The molecule has 0 aliphatic heterocycles. The summed E-state index contributed by atoms with van der Waals surface area (Å²) in [5, 5.41) is 0. The summed E-state index contributed by atoms with van der Waals surface area (Å²) in [4.78, 5) is 0. The van der Waals surface area contributed by atoms with E-state index in [0.29, 0.717) is 5.92 Å². The van der Waals surface area contributed by atoms with Gasteiger partial charge in [-0.05, 0) is 26.1 Å². The zero-order valence-corrected chi connectivity index (χ0v) is 10.0. The maximum atomic E-state index is 5.39. The lowest BCUT2D eigenvalue weighted by molar-refractivity contribution is 0.176. The molecule has 0 unspecified atom stereocenters. The Bertz CT molecular complexity index is 126. The summed E-state index contributed by atoms with van der Waals surface area (Å²) < 4.78 is 13.0. The first-order chi connectivity index (χ1) is 5.46. The van der Waals surface area contributed by atoms with E-state index in [1.165, 1.54) is 0 Å². The Hall–Kier alpha value is 0.0969. The Labute approximate surface area is 77.0 Å². The predicted molar refractivity (Wildman–Crippen MR) is 53.1 cm³/mol. The highest BCUT2D eigenvalue weighted by Gasteiger charge is 2.35. The van der Waals surface area contributed by atoms with Gasteiger partial charge >= 0.3 is 8.72 Å². The fourth-order valence-corrected chi connectivity index (χ4v) is 2.60. The van der Waals surface area contributed by atoms with Gasteiger partial charge in [-0.15, -0.1) is 0 Å². The molecule has 0 aliphatic rings. The van der Waals surface area contributed by atoms with Crippen molar-refractivity contribution in [3.05, 3.63) is 0 Å². The van der Waals surface area contributed by atoms with E-state index in [0.717, 1.165) is 6.54 Å². The van der Waals surface area contributed by atoms with Gasteiger partial charge in [0.1, 0.15) is 0 Å². The molecule has 3 nitrogen and oxygen atoms in total. The molecule has 0 N–H and O–H groups in total. The SMILES string of the molecule is CO[Si](C)(OC)N(C)CC(C)C. The van der Waals surface area contributed by atoms with Crippen LogP contribution in [0, 0.1) is 5.92 Å². The Morgan fingerprint density at radius 3 is 1.92 bits per heavy atom. The largest absolute Gasteiger partial charge is 0.423 e. The maximum absolute atomic E-state index is 5.39. The smallest absolute Gasteiger partial charge is 0.386 e. The molecule has 0 spiro atoms. The van der Waals surface area contributed by atoms with E-state index in [4.69, 9.17) is 8.85 Å². The van der Waals surface area contributed by atoms with Gasteiger partial charge in [0.05, 0.1) is 0 Å². The number of rotatable bonds is 5. The Kier molecular flexibility index (Phi) is 5.00. The van der Waals surface area contributed by atoms with Crippen LogP contribution in [-0.2, 0) is 8.85 Å². The molecule has 0 aromatic heterocycles. The van der Waals surface area contributed by atoms with Crippen LogP contribution in [0.25, 0.3) is 0 Å². The van der Waals surface area contributed by atoms with E-state index in [9.17, 15) is 0 Å². The minimum Gasteiger partial charge on any atom is -0.386 e. The minimum atomic E-state index is -2.03. The van der Waals surface area contributed by atoms with Crippen molar-refractivity contribution in [3.8, 4) is 0 Å². The molecule has 12 heavy (non-hydrogen) atoms. The van der Waals surface area contributed by atoms with Crippen LogP contribution in [-0.4, -0.2) is 41.1 Å². The van der Waals surface area contributed by atoms with Crippen molar-refractivity contribution >= 4 is 8.72 Å². The molecule has 0 rings (SSSR count). The van der Waals surface area contributed by atoms with Crippen LogP contribution in [0.2, 0.25) is 6.55 Å². The van der Waals surface area contributed by atoms with Gasteiger partial charge in [-0.25, -0.2) is 0 Å². The van der Waals surface area contributed by atoms with Crippen molar-refractivity contribution < 1.29 is 8.85 Å². The van der Waals surface area contributed by atoms with Crippen LogP contribution in [0.5, 0.6) is 0 Å². The lowest BCUT2D eigenvalue weighted by Gasteiger charge is -2.33. The van der Waals surface area contributed by atoms with Gasteiger partial charge in [-0.3, -0.25) is 4.57 Å². The molecule has 0 atom stereocenters. The highest BCUT2D eigenvalue weighted by Crippen LogP contribution is 2.11. The van der Waals surface area contributed by atoms with Gasteiger partial charge in [0, 0.05) is 14.2 Å². The normalized spacial score (nSPS) is 13.0. The summed E-state index contributed by atoms with van der Waals surface area (Å²) in [6.45, 7) is 7.45. The van der Waals surface area contributed by atoms with Crippen LogP contribution in [0.3, 0.4) is 0 Å². The summed E-state index contributed by atoms with van der Waals surface area (Å²) in [6, 6.07) is 0. The van der Waals surface area contributed by atoms with E-state index in [1.807, 2.05) is 0 Å². The molecular formula is C8H21NO2Si. The number of hydrogen-bond donors (Lipinski definition) is 0. The highest BCUT2D eigenvalue weighted by molar-refractivity contribution is 6.62. The monoisotopic (exact) mass is 191 g/mol. The summed E-state index contributed by atoms with van der Waals surface area (Å²) >= 11 is 0. The van der Waals surface area contributed by atoms with E-state index < -0.39 is 8.72 Å². The minimum absolute atomic E-state index is 0.645. The fraction of sp³-hybridized carbons (Fsp3) is 1.00. The Morgan fingerprint density at radius 2 is 1.67 bits per heavy atom. The zero-order chi connectivity index (χ0) is 9.78. The average molecular weight is 191 g/mol. The molecular weight excluding hydrogens is 170 g/mol. The molecule has 0 amide bonds. The van der Waals surface area contributed by atoms with E-state index in [1.54, 1.807) is 14.2 Å². The molecule has 4 heteroatoms. The molecule has 0 saturated heterocycles. The summed E-state index contributed by atoms with van der Waals surface area (Å²) in [5.74, 6) is 0.645. The van der Waals surface area contributed by atoms with Gasteiger partial charge in [-0.2, -0.15) is 0 Å². The van der Waals surface area contributed by atoms with Crippen molar-refractivity contribution in [2.24, 2.45) is 5.92 Å². The standard InChI is InChI=1S/C8H21NO2Si/c1-8(2)7-9(3)12(6,10-4)11-5/h8H,7H2,1-6H3. The summed E-state index contributed by atoms with van der Waals surface area (Å²) in [5.41, 5.74) is 0. The van der Waals surface area contributed by atoms with Crippen LogP contribution in [0.15, 0.2) is 0 Å². The third-order valence-corrected chi connectivity index (χ3v) is 5.17. The zero-order valence-electron chi connectivity index (χ0n) is 9.05. The van der Waals surface area contributed by atoms with Crippen molar-refractivity contribution in [2.75, 3.05) is 27.8 Å². The van der Waals surface area contributed by atoms with Gasteiger partial charge < -0.3 is 8.85 Å². The quantitative estimate of drug-likeness (QED) is 0.614. The lowest BCUT2D eigenvalue weighted by atomic mass is 10.2. The first kappa shape index (κ1) is 12.1. The summed E-state index contributed by atoms with van der Waals surface area (Å²) in [6.07, 6.45) is 0. The highest BCUT2D eigenvalue weighted by atomic mass is 28.4. The van der Waals surface area contributed by atoms with Gasteiger partial charge in [0.2, 0.25) is 0 Å². The van der Waals surface area contributed by atoms with Crippen molar-refractivity contribution in [3.63, 3.8) is 0 Å². The molecule has 0 aromatic rings. The molecule has 0 aliphatic carbocycles. The van der Waals surface area contributed by atoms with Crippen molar-refractivity contribution in [2.45, 2.75) is 20.4 Å². The third kappa shape index (κ3) is 3.22. The van der Waals surface area contributed by atoms with Crippen molar-refractivity contribution in [1.82, 2.24) is 4.57 Å². The predicted octanol–water partition coefficient (Wildman–Crippen LogP) is 1.44. The van der Waals surface area contributed by atoms with Crippen LogP contribution in [0.4, 0.5) is 0 Å². The van der Waals surface area contributed by atoms with E-state index >= 15 is 0 Å². The van der Waals surface area contributed by atoms with Gasteiger partial charge in [0.25, 0.3) is 0 Å². The maximum Gasteiger partial charge on any atom is 0.423 e.